The van der Waals surface area contributed by atoms with Gasteiger partial charge in [-0.1, -0.05) is 42.5 Å². The van der Waals surface area contributed by atoms with Crippen molar-refractivity contribution in [1.82, 2.24) is 15.1 Å². The Hall–Kier alpha value is -3.79. The first-order chi connectivity index (χ1) is 16.5. The molecule has 2 unspecified atom stereocenters. The molecule has 2 aliphatic rings. The van der Waals surface area contributed by atoms with Gasteiger partial charge in [-0.3, -0.25) is 29.9 Å². The summed E-state index contributed by atoms with van der Waals surface area (Å²) in [6, 6.07) is 15.2. The lowest BCUT2D eigenvalue weighted by Crippen LogP contribution is -2.57. The van der Waals surface area contributed by atoms with E-state index in [1.807, 2.05) is 23.1 Å². The van der Waals surface area contributed by atoms with E-state index >= 15 is 0 Å². The summed E-state index contributed by atoms with van der Waals surface area (Å²) in [6.45, 7) is 5.48. The van der Waals surface area contributed by atoms with Crippen molar-refractivity contribution in [2.24, 2.45) is 10.9 Å². The van der Waals surface area contributed by atoms with E-state index in [4.69, 9.17) is 4.74 Å². The predicted octanol–water partition coefficient (Wildman–Crippen LogP) is 2.12. The predicted molar refractivity (Wildman–Crippen MR) is 125 cm³/mol. The number of nitrogens with one attached hydrogen (secondary N) is 1. The molecule has 1 fully saturated rings. The van der Waals surface area contributed by atoms with Gasteiger partial charge in [0.2, 0.25) is 11.9 Å². The van der Waals surface area contributed by atoms with E-state index < -0.39 is 28.8 Å². The van der Waals surface area contributed by atoms with Gasteiger partial charge in [0.15, 0.2) is 5.92 Å². The SMILES string of the molecule is CCOC(=O)C1C(=O)NC(N2CCN(Cc3ccccc3)CC2)=NC1c1cccc([N+](=O)[O-])c1. The second-order valence-electron chi connectivity index (χ2n) is 8.22. The number of hydrogen-bond donors (Lipinski definition) is 1. The summed E-state index contributed by atoms with van der Waals surface area (Å²) in [5, 5.41) is 14.0. The number of nitrogens with zero attached hydrogens (tertiary/aromatic N) is 4. The van der Waals surface area contributed by atoms with Gasteiger partial charge in [0.1, 0.15) is 6.04 Å². The fourth-order valence-corrected chi connectivity index (χ4v) is 4.25. The average Bonchev–Trinajstić information content (AvgIpc) is 2.85. The Morgan fingerprint density at radius 3 is 2.56 bits per heavy atom. The third-order valence-electron chi connectivity index (χ3n) is 5.98. The van der Waals surface area contributed by atoms with Crippen molar-refractivity contribution < 1.29 is 19.2 Å². The number of esters is 1. The maximum atomic E-state index is 13.0. The maximum Gasteiger partial charge on any atom is 0.321 e. The lowest BCUT2D eigenvalue weighted by Gasteiger charge is -2.39. The Bertz CT molecular complexity index is 1080. The van der Waals surface area contributed by atoms with E-state index in [9.17, 15) is 19.7 Å². The summed E-state index contributed by atoms with van der Waals surface area (Å²) in [5.74, 6) is -2.06. The summed E-state index contributed by atoms with van der Waals surface area (Å²) < 4.78 is 5.11. The molecule has 2 aromatic rings. The van der Waals surface area contributed by atoms with Crippen LogP contribution in [0.4, 0.5) is 5.69 Å². The van der Waals surface area contributed by atoms with Crippen molar-refractivity contribution in [3.8, 4) is 0 Å². The normalized spacial score (nSPS) is 20.9. The molecule has 1 amide bonds. The van der Waals surface area contributed by atoms with Crippen LogP contribution >= 0.6 is 0 Å². The van der Waals surface area contributed by atoms with Crippen LogP contribution in [0.1, 0.15) is 24.1 Å². The molecule has 10 nitrogen and oxygen atoms in total. The molecule has 34 heavy (non-hydrogen) atoms. The highest BCUT2D eigenvalue weighted by Crippen LogP contribution is 2.32. The Kier molecular flexibility index (Phi) is 7.17. The zero-order chi connectivity index (χ0) is 24.1. The van der Waals surface area contributed by atoms with Crippen LogP contribution in [0.5, 0.6) is 0 Å². The van der Waals surface area contributed by atoms with Crippen molar-refractivity contribution in [3.63, 3.8) is 0 Å². The van der Waals surface area contributed by atoms with E-state index in [1.54, 1.807) is 13.0 Å². The third-order valence-corrected chi connectivity index (χ3v) is 5.98. The molecule has 1 saturated heterocycles. The molecular formula is C24H27N5O5. The molecule has 2 aliphatic heterocycles. The molecule has 178 valence electrons. The molecule has 0 aromatic heterocycles. The van der Waals surface area contributed by atoms with Crippen LogP contribution < -0.4 is 5.32 Å². The number of piperazine rings is 1. The largest absolute Gasteiger partial charge is 0.465 e. The highest BCUT2D eigenvalue weighted by Gasteiger charge is 2.42. The first kappa shape index (κ1) is 23.4. The van der Waals surface area contributed by atoms with Crippen LogP contribution in [-0.4, -0.2) is 65.3 Å². The van der Waals surface area contributed by atoms with Gasteiger partial charge in [-0.15, -0.1) is 0 Å². The molecule has 0 bridgehead atoms. The molecule has 0 aliphatic carbocycles. The van der Waals surface area contributed by atoms with Crippen molar-refractivity contribution in [2.75, 3.05) is 32.8 Å². The van der Waals surface area contributed by atoms with Crippen molar-refractivity contribution >= 4 is 23.5 Å². The molecular weight excluding hydrogens is 438 g/mol. The number of nitro benzene ring substituents is 1. The van der Waals surface area contributed by atoms with Gasteiger partial charge in [0.25, 0.3) is 5.69 Å². The fraction of sp³-hybridized carbons (Fsp3) is 0.375. The molecule has 2 atom stereocenters. The number of nitro groups is 1. The third kappa shape index (κ3) is 5.23. The van der Waals surface area contributed by atoms with Crippen LogP contribution in [0.3, 0.4) is 0 Å². The van der Waals surface area contributed by atoms with Crippen LogP contribution in [0.2, 0.25) is 0 Å². The van der Waals surface area contributed by atoms with Gasteiger partial charge >= 0.3 is 5.97 Å². The number of aliphatic imine (C=N–C) groups is 1. The highest BCUT2D eigenvalue weighted by molar-refractivity contribution is 6.08. The van der Waals surface area contributed by atoms with Gasteiger partial charge in [0, 0.05) is 44.9 Å². The zero-order valence-electron chi connectivity index (χ0n) is 18.9. The summed E-state index contributed by atoms with van der Waals surface area (Å²) in [6.07, 6.45) is 0. The maximum absolute atomic E-state index is 13.0. The van der Waals surface area contributed by atoms with Gasteiger partial charge in [-0.05, 0) is 18.1 Å². The van der Waals surface area contributed by atoms with E-state index in [1.165, 1.54) is 23.8 Å². The monoisotopic (exact) mass is 465 g/mol. The first-order valence-electron chi connectivity index (χ1n) is 11.3. The Labute approximate surface area is 197 Å². The number of carbonyl (C=O) groups excluding carboxylic acids is 2. The average molecular weight is 466 g/mol. The van der Waals surface area contributed by atoms with E-state index in [0.717, 1.165) is 19.6 Å². The minimum atomic E-state index is -1.22. The Morgan fingerprint density at radius 2 is 1.88 bits per heavy atom. The molecule has 4 rings (SSSR count). The highest BCUT2D eigenvalue weighted by atomic mass is 16.6. The molecule has 2 heterocycles. The standard InChI is InChI=1S/C24H27N5O5/c1-2-34-23(31)20-21(18-9-6-10-19(15-18)29(32)33)25-24(26-22(20)30)28-13-11-27(12-14-28)16-17-7-4-3-5-8-17/h3-10,15,20-21H,2,11-14,16H2,1H3,(H,25,26,30). The molecule has 0 saturated carbocycles. The lowest BCUT2D eigenvalue weighted by molar-refractivity contribution is -0.384. The number of carbonyl (C=O) groups is 2. The summed E-state index contributed by atoms with van der Waals surface area (Å²) in [5.41, 5.74) is 1.53. The second-order valence-corrected chi connectivity index (χ2v) is 8.22. The molecule has 10 heteroatoms. The zero-order valence-corrected chi connectivity index (χ0v) is 18.9. The number of benzene rings is 2. The van der Waals surface area contributed by atoms with Gasteiger partial charge in [-0.2, -0.15) is 0 Å². The molecule has 1 N–H and O–H groups in total. The van der Waals surface area contributed by atoms with Crippen LogP contribution in [0.25, 0.3) is 0 Å². The summed E-state index contributed by atoms with van der Waals surface area (Å²) in [4.78, 5) is 45.4. The van der Waals surface area contributed by atoms with Crippen molar-refractivity contribution in [3.05, 3.63) is 75.8 Å². The number of rotatable bonds is 6. The first-order valence-corrected chi connectivity index (χ1v) is 11.3. The van der Waals surface area contributed by atoms with E-state index in [2.05, 4.69) is 27.3 Å². The topological polar surface area (TPSA) is 117 Å². The van der Waals surface area contributed by atoms with Gasteiger partial charge < -0.3 is 9.64 Å². The Balaban J connectivity index is 1.55. The minimum absolute atomic E-state index is 0.115. The number of hydrogen-bond acceptors (Lipinski definition) is 8. The second kappa shape index (κ2) is 10.4. The van der Waals surface area contributed by atoms with Crippen molar-refractivity contribution in [2.45, 2.75) is 19.5 Å². The number of ether oxygens (including phenoxy) is 1. The molecule has 0 radical (unpaired) electrons. The quantitative estimate of drug-likeness (QED) is 0.301. The van der Waals surface area contributed by atoms with Crippen LogP contribution in [-0.2, 0) is 20.9 Å². The minimum Gasteiger partial charge on any atom is -0.465 e. The van der Waals surface area contributed by atoms with E-state index in [0.29, 0.717) is 24.6 Å². The smallest absolute Gasteiger partial charge is 0.321 e. The molecule has 2 aromatic carbocycles. The lowest BCUT2D eigenvalue weighted by atomic mass is 9.91. The Morgan fingerprint density at radius 1 is 1.15 bits per heavy atom. The number of non-ortho nitro benzene ring substituents is 1. The van der Waals surface area contributed by atoms with Gasteiger partial charge in [0.05, 0.1) is 11.5 Å². The van der Waals surface area contributed by atoms with Crippen LogP contribution in [0.15, 0.2) is 59.6 Å². The van der Waals surface area contributed by atoms with Crippen molar-refractivity contribution in [1.29, 1.82) is 0 Å². The summed E-state index contributed by atoms with van der Waals surface area (Å²) >= 11 is 0. The fourth-order valence-electron chi connectivity index (χ4n) is 4.25. The van der Waals surface area contributed by atoms with Crippen LogP contribution in [0, 0.1) is 16.0 Å². The molecule has 0 spiro atoms. The number of guanidine groups is 1. The van der Waals surface area contributed by atoms with E-state index in [-0.39, 0.29) is 12.3 Å². The number of amides is 1. The van der Waals surface area contributed by atoms with Gasteiger partial charge in [-0.25, -0.2) is 4.99 Å². The summed E-state index contributed by atoms with van der Waals surface area (Å²) in [7, 11) is 0.